The average molecular weight is 497 g/mol. The van der Waals surface area contributed by atoms with Gasteiger partial charge in [-0.2, -0.15) is 0 Å². The summed E-state index contributed by atoms with van der Waals surface area (Å²) >= 11 is 0. The highest BCUT2D eigenvalue weighted by Crippen LogP contribution is 2.42. The van der Waals surface area contributed by atoms with Crippen LogP contribution in [-0.4, -0.2) is 10.5 Å². The molecule has 1 N–H and O–H groups in total. The summed E-state index contributed by atoms with van der Waals surface area (Å²) in [5.41, 5.74) is 8.07. The predicted molar refractivity (Wildman–Crippen MR) is 165 cm³/mol. The van der Waals surface area contributed by atoms with Crippen LogP contribution in [0.3, 0.4) is 0 Å². The minimum absolute atomic E-state index is 0.0514. The lowest BCUT2D eigenvalue weighted by atomic mass is 9.76. The van der Waals surface area contributed by atoms with Crippen LogP contribution in [0.1, 0.15) is 104 Å². The van der Waals surface area contributed by atoms with E-state index in [0.717, 1.165) is 12.8 Å². The Morgan fingerprint density at radius 1 is 0.703 bits per heavy atom. The first-order chi connectivity index (χ1) is 17.8. The van der Waals surface area contributed by atoms with Gasteiger partial charge in [-0.15, -0.1) is 0 Å². The van der Waals surface area contributed by atoms with Gasteiger partial charge in [0.15, 0.2) is 0 Å². The van der Waals surface area contributed by atoms with Crippen molar-refractivity contribution in [3.05, 3.63) is 71.8 Å². The molecule has 2 heteroatoms. The largest absolute Gasteiger partial charge is 0.355 e. The van der Waals surface area contributed by atoms with Crippen molar-refractivity contribution in [3.63, 3.8) is 0 Å². The fourth-order valence-electron chi connectivity index (χ4n) is 6.22. The minimum atomic E-state index is 0.0514. The van der Waals surface area contributed by atoms with E-state index in [1.54, 1.807) is 0 Å². The molecule has 1 aromatic heterocycles. The molecule has 0 aliphatic rings. The molecule has 0 radical (unpaired) electrons. The molecule has 2 nitrogen and oxygen atoms in total. The smallest absolute Gasteiger partial charge is 0.0466 e. The molecule has 4 aromatic rings. The SMILES string of the molecule is CCCCCC(C)(CC)N(c1cccc(C)c1)c1ccc2[nH]c3ccc(C(C)(CC)CCC)cc3c2c1. The van der Waals surface area contributed by atoms with Gasteiger partial charge in [-0.25, -0.2) is 0 Å². The number of H-pyrrole nitrogens is 1. The van der Waals surface area contributed by atoms with E-state index in [4.69, 9.17) is 0 Å². The Hall–Kier alpha value is -2.74. The number of nitrogens with one attached hydrogen (secondary N) is 1. The zero-order valence-electron chi connectivity index (χ0n) is 24.4. The van der Waals surface area contributed by atoms with Gasteiger partial charge in [0.25, 0.3) is 0 Å². The van der Waals surface area contributed by atoms with E-state index in [9.17, 15) is 0 Å². The molecule has 0 saturated carbocycles. The highest BCUT2D eigenvalue weighted by Gasteiger charge is 2.32. The van der Waals surface area contributed by atoms with Crippen LogP contribution in [0.2, 0.25) is 0 Å². The predicted octanol–water partition coefficient (Wildman–Crippen LogP) is 11.0. The second-order valence-corrected chi connectivity index (χ2v) is 11.8. The number of hydrogen-bond donors (Lipinski definition) is 1. The van der Waals surface area contributed by atoms with Crippen LogP contribution in [0.15, 0.2) is 60.7 Å². The molecule has 0 fully saturated rings. The number of fused-ring (bicyclic) bond motifs is 3. The van der Waals surface area contributed by atoms with E-state index < -0.39 is 0 Å². The molecule has 0 aliphatic heterocycles. The molecule has 0 aliphatic carbocycles. The third-order valence-corrected chi connectivity index (χ3v) is 9.00. The van der Waals surface area contributed by atoms with Gasteiger partial charge in [-0.05, 0) is 98.5 Å². The fourth-order valence-corrected chi connectivity index (χ4v) is 6.22. The van der Waals surface area contributed by atoms with Crippen LogP contribution >= 0.6 is 0 Å². The molecule has 2 atom stereocenters. The van der Waals surface area contributed by atoms with Crippen molar-refractivity contribution in [2.45, 2.75) is 111 Å². The average Bonchev–Trinajstić information content (AvgIpc) is 3.26. The summed E-state index contributed by atoms with van der Waals surface area (Å²) in [6, 6.07) is 23.2. The molecule has 198 valence electrons. The zero-order valence-corrected chi connectivity index (χ0v) is 24.4. The number of hydrogen-bond acceptors (Lipinski definition) is 1. The van der Waals surface area contributed by atoms with Crippen LogP contribution < -0.4 is 4.90 Å². The van der Waals surface area contributed by atoms with E-state index in [1.165, 1.54) is 82.8 Å². The lowest BCUT2D eigenvalue weighted by Crippen LogP contribution is -2.43. The quantitative estimate of drug-likeness (QED) is 0.193. The summed E-state index contributed by atoms with van der Waals surface area (Å²) in [5, 5.41) is 2.67. The van der Waals surface area contributed by atoms with Gasteiger partial charge in [-0.3, -0.25) is 0 Å². The highest BCUT2D eigenvalue weighted by atomic mass is 15.2. The number of aryl methyl sites for hydroxylation is 1. The summed E-state index contributed by atoms with van der Waals surface area (Å²) in [4.78, 5) is 6.33. The Kier molecular flexibility index (Phi) is 8.36. The number of aromatic nitrogens is 1. The molecule has 37 heavy (non-hydrogen) atoms. The van der Waals surface area contributed by atoms with Crippen molar-refractivity contribution in [3.8, 4) is 0 Å². The summed E-state index contributed by atoms with van der Waals surface area (Å²) in [7, 11) is 0. The summed E-state index contributed by atoms with van der Waals surface area (Å²) < 4.78 is 0. The molecule has 0 amide bonds. The van der Waals surface area contributed by atoms with Crippen LogP contribution in [-0.2, 0) is 5.41 Å². The highest BCUT2D eigenvalue weighted by molar-refractivity contribution is 6.08. The van der Waals surface area contributed by atoms with E-state index >= 15 is 0 Å². The molecular weight excluding hydrogens is 448 g/mol. The van der Waals surface area contributed by atoms with E-state index in [0.29, 0.717) is 0 Å². The topological polar surface area (TPSA) is 19.0 Å². The molecule has 0 bridgehead atoms. The molecule has 3 aromatic carbocycles. The number of benzene rings is 3. The Morgan fingerprint density at radius 2 is 1.41 bits per heavy atom. The molecule has 2 unspecified atom stereocenters. The Bertz CT molecular complexity index is 1330. The number of anilines is 2. The molecule has 4 rings (SSSR count). The van der Waals surface area contributed by atoms with Crippen molar-refractivity contribution in [1.82, 2.24) is 4.98 Å². The normalized spacial score (nSPS) is 15.1. The third kappa shape index (κ3) is 5.44. The summed E-state index contributed by atoms with van der Waals surface area (Å²) in [6.45, 7) is 16.4. The van der Waals surface area contributed by atoms with E-state index in [-0.39, 0.29) is 11.0 Å². The third-order valence-electron chi connectivity index (χ3n) is 9.00. The zero-order chi connectivity index (χ0) is 26.6. The minimum Gasteiger partial charge on any atom is -0.355 e. The van der Waals surface area contributed by atoms with Gasteiger partial charge in [0.05, 0.1) is 0 Å². The number of unbranched alkanes of at least 4 members (excludes halogenated alkanes) is 2. The van der Waals surface area contributed by atoms with Crippen molar-refractivity contribution < 1.29 is 0 Å². The monoisotopic (exact) mass is 496 g/mol. The van der Waals surface area contributed by atoms with Crippen LogP contribution in [0.4, 0.5) is 11.4 Å². The van der Waals surface area contributed by atoms with Crippen LogP contribution in [0, 0.1) is 6.92 Å². The van der Waals surface area contributed by atoms with Crippen LogP contribution in [0.25, 0.3) is 21.8 Å². The lowest BCUT2D eigenvalue weighted by Gasteiger charge is -2.43. The van der Waals surface area contributed by atoms with Gasteiger partial charge < -0.3 is 9.88 Å². The van der Waals surface area contributed by atoms with Gasteiger partial charge in [0.2, 0.25) is 0 Å². The standard InChI is InChI=1S/C35H48N2/c1-8-12-13-22-35(7,11-4)37(28-16-14-15-26(5)23-28)29-18-20-33-31(25-29)30-24-27(17-19-32(30)36-33)34(6,10-3)21-9-2/h14-20,23-25,36H,8-13,21-22H2,1-7H3. The first-order valence-corrected chi connectivity index (χ1v) is 14.7. The summed E-state index contributed by atoms with van der Waals surface area (Å²) in [5.74, 6) is 0. The van der Waals surface area contributed by atoms with E-state index in [1.807, 2.05) is 0 Å². The molecule has 0 saturated heterocycles. The maximum Gasteiger partial charge on any atom is 0.0466 e. The van der Waals surface area contributed by atoms with E-state index in [2.05, 4.69) is 119 Å². The Morgan fingerprint density at radius 3 is 2.05 bits per heavy atom. The molecular formula is C35H48N2. The molecule has 1 heterocycles. The fraction of sp³-hybridized carbons (Fsp3) is 0.486. The Labute approximate surface area is 225 Å². The first kappa shape index (κ1) is 27.3. The number of nitrogens with zero attached hydrogens (tertiary/aromatic N) is 1. The van der Waals surface area contributed by atoms with Crippen molar-refractivity contribution >= 4 is 33.2 Å². The second kappa shape index (κ2) is 11.3. The number of aromatic amines is 1. The maximum atomic E-state index is 3.70. The summed E-state index contributed by atoms with van der Waals surface area (Å²) in [6.07, 6.45) is 9.68. The van der Waals surface area contributed by atoms with Gasteiger partial charge in [0, 0.05) is 38.7 Å². The van der Waals surface area contributed by atoms with Crippen LogP contribution in [0.5, 0.6) is 0 Å². The Balaban J connectivity index is 1.89. The van der Waals surface area contributed by atoms with Gasteiger partial charge in [-0.1, -0.05) is 78.5 Å². The maximum absolute atomic E-state index is 3.70. The van der Waals surface area contributed by atoms with Crippen molar-refractivity contribution in [2.24, 2.45) is 0 Å². The molecule has 0 spiro atoms. The van der Waals surface area contributed by atoms with Gasteiger partial charge in [0.1, 0.15) is 0 Å². The lowest BCUT2D eigenvalue weighted by molar-refractivity contribution is 0.391. The van der Waals surface area contributed by atoms with Crippen molar-refractivity contribution in [2.75, 3.05) is 4.90 Å². The first-order valence-electron chi connectivity index (χ1n) is 14.7. The number of rotatable bonds is 12. The second-order valence-electron chi connectivity index (χ2n) is 11.8. The van der Waals surface area contributed by atoms with Crippen molar-refractivity contribution in [1.29, 1.82) is 0 Å². The van der Waals surface area contributed by atoms with Gasteiger partial charge >= 0.3 is 0 Å².